The monoisotopic (exact) mass is 419 g/mol. The molecular formula is C24H22FN3O3. The Morgan fingerprint density at radius 3 is 2.45 bits per heavy atom. The molecule has 1 heterocycles. The topological polar surface area (TPSA) is 63.2 Å². The minimum Gasteiger partial charge on any atom is -0.493 e. The molecular weight excluding hydrogens is 397 g/mol. The second-order valence-corrected chi connectivity index (χ2v) is 7.13. The summed E-state index contributed by atoms with van der Waals surface area (Å²) in [6.45, 7) is 1.39. The van der Waals surface area contributed by atoms with Gasteiger partial charge in [-0.1, -0.05) is 6.07 Å². The molecule has 0 saturated heterocycles. The third-order valence-corrected chi connectivity index (χ3v) is 5.17. The molecule has 0 aliphatic carbocycles. The Kier molecular flexibility index (Phi) is 5.84. The van der Waals surface area contributed by atoms with Gasteiger partial charge in [0.15, 0.2) is 11.5 Å². The van der Waals surface area contributed by atoms with Crippen molar-refractivity contribution < 1.29 is 18.7 Å². The molecule has 0 unspecified atom stereocenters. The summed E-state index contributed by atoms with van der Waals surface area (Å²) in [5.74, 6) is 0.659. The summed E-state index contributed by atoms with van der Waals surface area (Å²) in [4.78, 5) is 14.7. The number of ether oxygens (including phenoxy) is 2. The highest BCUT2D eigenvalue weighted by Gasteiger charge is 2.20. The molecule has 0 saturated carbocycles. The van der Waals surface area contributed by atoms with Crippen LogP contribution in [0.5, 0.6) is 11.5 Å². The van der Waals surface area contributed by atoms with Crippen LogP contribution >= 0.6 is 0 Å². The van der Waals surface area contributed by atoms with Gasteiger partial charge in [0.2, 0.25) is 0 Å². The van der Waals surface area contributed by atoms with Crippen LogP contribution in [0, 0.1) is 5.82 Å². The van der Waals surface area contributed by atoms with Gasteiger partial charge in [0.05, 0.1) is 20.4 Å². The van der Waals surface area contributed by atoms with E-state index in [0.717, 1.165) is 28.9 Å². The zero-order valence-electron chi connectivity index (χ0n) is 17.3. The van der Waals surface area contributed by atoms with Gasteiger partial charge in [-0.2, -0.15) is 5.10 Å². The van der Waals surface area contributed by atoms with Crippen molar-refractivity contribution in [1.82, 2.24) is 5.43 Å². The van der Waals surface area contributed by atoms with Crippen LogP contribution < -0.4 is 19.8 Å². The van der Waals surface area contributed by atoms with Crippen molar-refractivity contribution in [2.75, 3.05) is 19.1 Å². The van der Waals surface area contributed by atoms with E-state index in [2.05, 4.69) is 15.4 Å². The fourth-order valence-corrected chi connectivity index (χ4v) is 3.53. The lowest BCUT2D eigenvalue weighted by molar-refractivity contribution is 0.0955. The largest absolute Gasteiger partial charge is 0.493 e. The van der Waals surface area contributed by atoms with E-state index in [0.29, 0.717) is 23.6 Å². The third-order valence-electron chi connectivity index (χ3n) is 5.17. The minimum absolute atomic E-state index is 0.256. The molecule has 0 spiro atoms. The van der Waals surface area contributed by atoms with E-state index in [-0.39, 0.29) is 11.7 Å². The Balaban J connectivity index is 1.41. The summed E-state index contributed by atoms with van der Waals surface area (Å²) >= 11 is 0. The summed E-state index contributed by atoms with van der Waals surface area (Å²) in [6, 6.07) is 17.4. The summed E-state index contributed by atoms with van der Waals surface area (Å²) < 4.78 is 23.7. The van der Waals surface area contributed by atoms with Crippen LogP contribution in [0.2, 0.25) is 0 Å². The summed E-state index contributed by atoms with van der Waals surface area (Å²) in [5, 5.41) is 4.05. The number of carbonyl (C=O) groups excluding carboxylic acids is 1. The average molecular weight is 419 g/mol. The zero-order chi connectivity index (χ0) is 21.8. The predicted octanol–water partition coefficient (Wildman–Crippen LogP) is 4.13. The van der Waals surface area contributed by atoms with E-state index in [1.807, 2.05) is 18.2 Å². The zero-order valence-corrected chi connectivity index (χ0v) is 17.3. The number of methoxy groups -OCH3 is 2. The van der Waals surface area contributed by atoms with E-state index in [1.165, 1.54) is 12.1 Å². The van der Waals surface area contributed by atoms with Gasteiger partial charge in [0, 0.05) is 24.3 Å². The maximum absolute atomic E-state index is 13.2. The van der Waals surface area contributed by atoms with E-state index < -0.39 is 0 Å². The summed E-state index contributed by atoms with van der Waals surface area (Å²) in [5.41, 5.74) is 7.02. The molecule has 1 aliphatic rings. The molecule has 0 aromatic heterocycles. The first-order chi connectivity index (χ1) is 15.1. The lowest BCUT2D eigenvalue weighted by Gasteiger charge is -2.17. The second kappa shape index (κ2) is 8.87. The SMILES string of the molecule is COc1ccc(/C=N\NC(=O)c2ccc3c(c2)CN(c2ccc(F)cc2)C3)cc1OC. The van der Waals surface area contributed by atoms with Gasteiger partial charge in [-0.3, -0.25) is 4.79 Å². The molecule has 1 aliphatic heterocycles. The van der Waals surface area contributed by atoms with Crippen LogP contribution in [0.4, 0.5) is 10.1 Å². The molecule has 4 rings (SSSR count). The molecule has 1 N–H and O–H groups in total. The number of rotatable bonds is 6. The number of nitrogens with zero attached hydrogens (tertiary/aromatic N) is 2. The van der Waals surface area contributed by atoms with E-state index in [1.54, 1.807) is 50.8 Å². The maximum Gasteiger partial charge on any atom is 0.271 e. The number of nitrogens with one attached hydrogen (secondary N) is 1. The molecule has 1 amide bonds. The number of carbonyl (C=O) groups is 1. The van der Waals surface area contributed by atoms with Crippen molar-refractivity contribution in [2.45, 2.75) is 13.1 Å². The second-order valence-electron chi connectivity index (χ2n) is 7.13. The minimum atomic E-state index is -0.292. The highest BCUT2D eigenvalue weighted by Crippen LogP contribution is 2.29. The van der Waals surface area contributed by atoms with Crippen molar-refractivity contribution >= 4 is 17.8 Å². The molecule has 0 radical (unpaired) electrons. The Bertz CT molecular complexity index is 1130. The van der Waals surface area contributed by atoms with Crippen LogP contribution in [0.15, 0.2) is 65.8 Å². The van der Waals surface area contributed by atoms with E-state index >= 15 is 0 Å². The van der Waals surface area contributed by atoms with Crippen LogP contribution in [-0.2, 0) is 13.1 Å². The lowest BCUT2D eigenvalue weighted by atomic mass is 10.1. The maximum atomic E-state index is 13.2. The number of halogens is 1. The van der Waals surface area contributed by atoms with Gasteiger partial charge in [-0.15, -0.1) is 0 Å². The highest BCUT2D eigenvalue weighted by molar-refractivity contribution is 5.95. The number of fused-ring (bicyclic) bond motifs is 1. The Labute approximate surface area is 179 Å². The molecule has 7 heteroatoms. The first-order valence-electron chi connectivity index (χ1n) is 9.75. The first-order valence-corrected chi connectivity index (χ1v) is 9.75. The van der Waals surface area contributed by atoms with Crippen LogP contribution in [-0.4, -0.2) is 26.3 Å². The van der Waals surface area contributed by atoms with Crippen LogP contribution in [0.1, 0.15) is 27.0 Å². The van der Waals surface area contributed by atoms with Gasteiger partial charge in [0.1, 0.15) is 5.82 Å². The van der Waals surface area contributed by atoms with Gasteiger partial charge in [-0.05, 0) is 71.3 Å². The van der Waals surface area contributed by atoms with E-state index in [4.69, 9.17) is 9.47 Å². The van der Waals surface area contributed by atoms with Crippen molar-refractivity contribution in [1.29, 1.82) is 0 Å². The quantitative estimate of drug-likeness (QED) is 0.482. The molecule has 3 aromatic rings. The van der Waals surface area contributed by atoms with Gasteiger partial charge < -0.3 is 14.4 Å². The fourth-order valence-electron chi connectivity index (χ4n) is 3.53. The smallest absolute Gasteiger partial charge is 0.271 e. The van der Waals surface area contributed by atoms with Crippen molar-refractivity contribution in [3.05, 3.63) is 88.7 Å². The van der Waals surface area contributed by atoms with Crippen molar-refractivity contribution in [3.8, 4) is 11.5 Å². The number of hydrazone groups is 1. The first kappa shape index (κ1) is 20.4. The Hall–Kier alpha value is -3.87. The third kappa shape index (κ3) is 4.50. The normalized spacial score (nSPS) is 12.7. The number of anilines is 1. The number of hydrogen-bond donors (Lipinski definition) is 1. The van der Waals surface area contributed by atoms with Gasteiger partial charge in [0.25, 0.3) is 5.91 Å². The molecule has 3 aromatic carbocycles. The number of hydrogen-bond acceptors (Lipinski definition) is 5. The fraction of sp³-hybridized carbons (Fsp3) is 0.167. The predicted molar refractivity (Wildman–Crippen MR) is 117 cm³/mol. The molecule has 158 valence electrons. The average Bonchev–Trinajstić information content (AvgIpc) is 3.22. The van der Waals surface area contributed by atoms with Crippen molar-refractivity contribution in [2.24, 2.45) is 5.10 Å². The number of benzene rings is 3. The van der Waals surface area contributed by atoms with Crippen LogP contribution in [0.3, 0.4) is 0 Å². The van der Waals surface area contributed by atoms with Gasteiger partial charge >= 0.3 is 0 Å². The molecule has 0 atom stereocenters. The molecule has 0 bridgehead atoms. The van der Waals surface area contributed by atoms with Crippen molar-refractivity contribution in [3.63, 3.8) is 0 Å². The molecule has 6 nitrogen and oxygen atoms in total. The Morgan fingerprint density at radius 2 is 1.71 bits per heavy atom. The van der Waals surface area contributed by atoms with Gasteiger partial charge in [-0.25, -0.2) is 9.82 Å². The highest BCUT2D eigenvalue weighted by atomic mass is 19.1. The molecule has 31 heavy (non-hydrogen) atoms. The summed E-state index contributed by atoms with van der Waals surface area (Å²) in [7, 11) is 3.13. The molecule has 0 fully saturated rings. The number of amides is 1. The lowest BCUT2D eigenvalue weighted by Crippen LogP contribution is -2.18. The summed E-state index contributed by atoms with van der Waals surface area (Å²) in [6.07, 6.45) is 1.55. The van der Waals surface area contributed by atoms with Crippen LogP contribution in [0.25, 0.3) is 0 Å². The Morgan fingerprint density at radius 1 is 0.968 bits per heavy atom. The standard InChI is InChI=1S/C24H22FN3O3/c1-30-22-10-3-16(11-23(22)31-2)13-26-27-24(29)17-4-5-18-14-28(15-19(18)12-17)21-8-6-20(25)7-9-21/h3-13H,14-15H2,1-2H3,(H,27,29)/b26-13-. The van der Waals surface area contributed by atoms with E-state index in [9.17, 15) is 9.18 Å².